The first kappa shape index (κ1) is 28.3. The highest BCUT2D eigenvalue weighted by Crippen LogP contribution is 2.40. The Morgan fingerprint density at radius 1 is 0.974 bits per heavy atom. The molecule has 3 aromatic carbocycles. The van der Waals surface area contributed by atoms with Crippen molar-refractivity contribution in [2.45, 2.75) is 32.1 Å². The summed E-state index contributed by atoms with van der Waals surface area (Å²) < 4.78 is 5.88. The molecule has 1 aliphatic rings. The summed E-state index contributed by atoms with van der Waals surface area (Å²) in [5.41, 5.74) is 4.44. The van der Waals surface area contributed by atoms with Crippen molar-refractivity contribution in [1.29, 1.82) is 0 Å². The first-order valence-corrected chi connectivity index (χ1v) is 13.5. The Morgan fingerprint density at radius 3 is 2.21 bits per heavy atom. The molecule has 2 N–H and O–H groups in total. The van der Waals surface area contributed by atoms with Crippen molar-refractivity contribution < 1.29 is 19.4 Å². The Labute approximate surface area is 234 Å². The topological polar surface area (TPSA) is 88.0 Å². The number of hydrogen-bond donors (Lipinski definition) is 2. The van der Waals surface area contributed by atoms with Crippen LogP contribution in [0, 0.1) is 5.92 Å². The summed E-state index contributed by atoms with van der Waals surface area (Å²) in [6, 6.07) is 27.5. The van der Waals surface area contributed by atoms with Crippen molar-refractivity contribution in [1.82, 2.24) is 5.32 Å². The molecule has 1 heterocycles. The Morgan fingerprint density at radius 2 is 1.62 bits per heavy atom. The number of halogens is 1. The van der Waals surface area contributed by atoms with Crippen LogP contribution in [0.2, 0.25) is 5.02 Å². The molecule has 0 spiro atoms. The normalized spacial score (nSPS) is 17.1. The van der Waals surface area contributed by atoms with Crippen LogP contribution in [0.25, 0.3) is 0 Å². The standard InChI is InChI=1S/C32H33ClN2O4/c1-21-28(31(37)34-17-18-36)30(25-14-9-15-26(33)20-25)29(22(2)35-21)32(38)39-19-16-27(23-10-5-3-6-11-23)24-12-7-4-8-13-24/h3-15,20,27-28,30,36H,16-19H2,1-2H3,(H,34,37). The average Bonchev–Trinajstić information content (AvgIpc) is 2.94. The van der Waals surface area contributed by atoms with E-state index in [0.29, 0.717) is 28.4 Å². The molecule has 0 fully saturated rings. The molecule has 4 rings (SSSR count). The highest BCUT2D eigenvalue weighted by Gasteiger charge is 2.41. The fourth-order valence-corrected chi connectivity index (χ4v) is 5.43. The molecule has 39 heavy (non-hydrogen) atoms. The summed E-state index contributed by atoms with van der Waals surface area (Å²) >= 11 is 6.31. The number of aliphatic hydroxyl groups excluding tert-OH is 1. The van der Waals surface area contributed by atoms with Gasteiger partial charge in [-0.2, -0.15) is 0 Å². The molecule has 0 aliphatic carbocycles. The third kappa shape index (κ3) is 6.83. The van der Waals surface area contributed by atoms with Gasteiger partial charge in [0.05, 0.1) is 24.7 Å². The van der Waals surface area contributed by atoms with Crippen molar-refractivity contribution in [3.05, 3.63) is 118 Å². The van der Waals surface area contributed by atoms with E-state index in [2.05, 4.69) is 34.6 Å². The summed E-state index contributed by atoms with van der Waals surface area (Å²) in [5.74, 6) is -2.15. The van der Waals surface area contributed by atoms with Crippen LogP contribution < -0.4 is 5.32 Å². The summed E-state index contributed by atoms with van der Waals surface area (Å²) in [6.07, 6.45) is 0.594. The van der Waals surface area contributed by atoms with Crippen molar-refractivity contribution in [2.75, 3.05) is 19.8 Å². The number of ether oxygens (including phenoxy) is 1. The lowest BCUT2D eigenvalue weighted by Gasteiger charge is -2.32. The van der Waals surface area contributed by atoms with Crippen LogP contribution in [-0.4, -0.2) is 42.5 Å². The third-order valence-corrected chi connectivity index (χ3v) is 7.23. The molecule has 0 saturated heterocycles. The summed E-state index contributed by atoms with van der Waals surface area (Å²) in [7, 11) is 0. The van der Waals surface area contributed by atoms with Crippen molar-refractivity contribution >= 4 is 29.2 Å². The van der Waals surface area contributed by atoms with Gasteiger partial charge in [-0.1, -0.05) is 84.4 Å². The Bertz CT molecular complexity index is 1320. The highest BCUT2D eigenvalue weighted by atomic mass is 35.5. The Hall–Kier alpha value is -3.74. The smallest absolute Gasteiger partial charge is 0.336 e. The lowest BCUT2D eigenvalue weighted by molar-refractivity contribution is -0.139. The number of rotatable bonds is 10. The summed E-state index contributed by atoms with van der Waals surface area (Å²) in [4.78, 5) is 31.5. The maximum Gasteiger partial charge on any atom is 0.336 e. The van der Waals surface area contributed by atoms with Crippen molar-refractivity contribution in [3.8, 4) is 0 Å². The lowest BCUT2D eigenvalue weighted by atomic mass is 9.75. The second-order valence-electron chi connectivity index (χ2n) is 9.58. The minimum Gasteiger partial charge on any atom is -0.462 e. The zero-order valence-corrected chi connectivity index (χ0v) is 22.9. The number of hydrogen-bond acceptors (Lipinski definition) is 5. The predicted octanol–water partition coefficient (Wildman–Crippen LogP) is 5.66. The van der Waals surface area contributed by atoms with Crippen LogP contribution in [0.1, 0.15) is 48.8 Å². The number of benzene rings is 3. The molecule has 0 radical (unpaired) electrons. The minimum atomic E-state index is -0.748. The number of aliphatic hydroxyl groups is 1. The first-order valence-electron chi connectivity index (χ1n) is 13.1. The first-order chi connectivity index (χ1) is 18.9. The molecule has 0 aromatic heterocycles. The molecular formula is C32H33ClN2O4. The Balaban J connectivity index is 1.60. The number of allylic oxidation sites excluding steroid dienone is 1. The van der Waals surface area contributed by atoms with Crippen molar-refractivity contribution in [2.24, 2.45) is 10.9 Å². The number of nitrogens with one attached hydrogen (secondary N) is 1. The fourth-order valence-electron chi connectivity index (χ4n) is 5.23. The number of esters is 1. The minimum absolute atomic E-state index is 0.0580. The maximum absolute atomic E-state index is 13.7. The van der Waals surface area contributed by atoms with Crippen molar-refractivity contribution in [3.63, 3.8) is 0 Å². The van der Waals surface area contributed by atoms with Gasteiger partial charge in [0, 0.05) is 34.8 Å². The van der Waals surface area contributed by atoms with Gasteiger partial charge >= 0.3 is 5.97 Å². The molecular weight excluding hydrogens is 512 g/mol. The highest BCUT2D eigenvalue weighted by molar-refractivity contribution is 6.30. The van der Waals surface area contributed by atoms with E-state index in [1.165, 1.54) is 0 Å². The van der Waals surface area contributed by atoms with E-state index in [1.807, 2.05) is 42.5 Å². The summed E-state index contributed by atoms with van der Waals surface area (Å²) in [6.45, 7) is 3.64. The van der Waals surface area contributed by atoms with Gasteiger partial charge in [-0.3, -0.25) is 9.79 Å². The van der Waals surface area contributed by atoms with Gasteiger partial charge in [-0.05, 0) is 49.1 Å². The lowest BCUT2D eigenvalue weighted by Crippen LogP contribution is -2.42. The van der Waals surface area contributed by atoms with Gasteiger partial charge in [0.25, 0.3) is 0 Å². The molecule has 2 atom stereocenters. The van der Waals surface area contributed by atoms with Crippen LogP contribution in [-0.2, 0) is 14.3 Å². The number of aliphatic imine (C=N–C) groups is 1. The van der Waals surface area contributed by atoms with E-state index < -0.39 is 17.8 Å². The molecule has 6 nitrogen and oxygen atoms in total. The van der Waals surface area contributed by atoms with Crippen LogP contribution in [0.3, 0.4) is 0 Å². The molecule has 1 amide bonds. The van der Waals surface area contributed by atoms with E-state index in [1.54, 1.807) is 32.0 Å². The van der Waals surface area contributed by atoms with Gasteiger partial charge in [0.2, 0.25) is 5.91 Å². The molecule has 7 heteroatoms. The second kappa shape index (κ2) is 13.4. The van der Waals surface area contributed by atoms with Gasteiger partial charge < -0.3 is 15.2 Å². The van der Waals surface area contributed by atoms with Gasteiger partial charge in [0.15, 0.2) is 0 Å². The maximum atomic E-state index is 13.7. The van der Waals surface area contributed by atoms with E-state index in [0.717, 1.165) is 16.7 Å². The van der Waals surface area contributed by atoms with Gasteiger partial charge in [0.1, 0.15) is 0 Å². The van der Waals surface area contributed by atoms with Gasteiger partial charge in [-0.25, -0.2) is 4.79 Å². The monoisotopic (exact) mass is 544 g/mol. The number of carbonyl (C=O) groups is 2. The van der Waals surface area contributed by atoms with Crippen LogP contribution in [0.15, 0.2) is 101 Å². The molecule has 0 bridgehead atoms. The SMILES string of the molecule is CC1=NC(C)=C(C(=O)OCCC(c2ccccc2)c2ccccc2)C(c2cccc(Cl)c2)C1C(=O)NCCO. The zero-order valence-electron chi connectivity index (χ0n) is 22.1. The molecule has 1 aliphatic heterocycles. The molecule has 2 unspecified atom stereocenters. The van der Waals surface area contributed by atoms with E-state index >= 15 is 0 Å². The molecule has 202 valence electrons. The van der Waals surface area contributed by atoms with E-state index in [4.69, 9.17) is 16.3 Å². The average molecular weight is 545 g/mol. The second-order valence-corrected chi connectivity index (χ2v) is 10.0. The predicted molar refractivity (Wildman–Crippen MR) is 154 cm³/mol. The molecule has 3 aromatic rings. The largest absolute Gasteiger partial charge is 0.462 e. The Kier molecular flexibility index (Phi) is 9.69. The zero-order chi connectivity index (χ0) is 27.8. The van der Waals surface area contributed by atoms with Crippen LogP contribution >= 0.6 is 11.6 Å². The molecule has 0 saturated carbocycles. The van der Waals surface area contributed by atoms with Crippen LogP contribution in [0.5, 0.6) is 0 Å². The van der Waals surface area contributed by atoms with Gasteiger partial charge in [-0.15, -0.1) is 0 Å². The van der Waals surface area contributed by atoms with E-state index in [9.17, 15) is 14.7 Å². The van der Waals surface area contributed by atoms with E-state index in [-0.39, 0.29) is 31.6 Å². The third-order valence-electron chi connectivity index (χ3n) is 6.99. The number of amides is 1. The quantitative estimate of drug-likeness (QED) is 0.322. The fraction of sp³-hybridized carbons (Fsp3) is 0.281. The summed E-state index contributed by atoms with van der Waals surface area (Å²) in [5, 5.41) is 12.5. The number of nitrogens with zero attached hydrogens (tertiary/aromatic N) is 1. The number of carbonyl (C=O) groups excluding carboxylic acids is 2. The van der Waals surface area contributed by atoms with Crippen LogP contribution in [0.4, 0.5) is 0 Å².